The van der Waals surface area contributed by atoms with Crippen LogP contribution >= 0.6 is 0 Å². The summed E-state index contributed by atoms with van der Waals surface area (Å²) in [7, 11) is -3.91. The number of carbonyl (C=O) groups is 1. The molecular weight excluding hydrogens is 504 g/mol. The summed E-state index contributed by atoms with van der Waals surface area (Å²) in [5.41, 5.74) is 1.08. The first-order valence-corrected chi connectivity index (χ1v) is 13.8. The highest BCUT2D eigenvalue weighted by Gasteiger charge is 2.50. The fourth-order valence-corrected chi connectivity index (χ4v) is 5.69. The molecular formula is C28H26N4O5S. The predicted molar refractivity (Wildman–Crippen MR) is 143 cm³/mol. The summed E-state index contributed by atoms with van der Waals surface area (Å²) in [4.78, 5) is 22.2. The summed E-state index contributed by atoms with van der Waals surface area (Å²) in [6.07, 6.45) is 0. The number of nitrogens with two attached hydrogens (primary N) is 1. The molecule has 3 N–H and O–H groups in total. The zero-order chi connectivity index (χ0) is 26.5. The molecule has 194 valence electrons. The lowest BCUT2D eigenvalue weighted by Crippen LogP contribution is -2.40. The number of hydrogen-bond acceptors (Lipinski definition) is 7. The zero-order valence-corrected chi connectivity index (χ0v) is 21.3. The predicted octanol–water partition coefficient (Wildman–Crippen LogP) is 2.50. The molecule has 10 heteroatoms. The van der Waals surface area contributed by atoms with E-state index in [1.54, 1.807) is 23.1 Å². The lowest BCUT2D eigenvalue weighted by molar-refractivity contribution is -0.132. The Morgan fingerprint density at radius 1 is 0.974 bits per heavy atom. The molecule has 0 aliphatic carbocycles. The number of aromatic nitrogens is 1. The van der Waals surface area contributed by atoms with E-state index in [0.717, 1.165) is 35.4 Å². The van der Waals surface area contributed by atoms with Crippen LogP contribution in [0.3, 0.4) is 0 Å². The number of fused-ring (bicyclic) bond motifs is 2. The zero-order valence-electron chi connectivity index (χ0n) is 20.4. The second kappa shape index (κ2) is 9.17. The number of benzene rings is 3. The highest BCUT2D eigenvalue weighted by molar-refractivity contribution is 7.89. The van der Waals surface area contributed by atoms with Crippen LogP contribution in [0.1, 0.15) is 16.7 Å². The van der Waals surface area contributed by atoms with Crippen molar-refractivity contribution in [2.45, 2.75) is 17.0 Å². The molecule has 1 fully saturated rings. The monoisotopic (exact) mass is 530 g/mol. The van der Waals surface area contributed by atoms with Gasteiger partial charge in [-0.2, -0.15) is 0 Å². The van der Waals surface area contributed by atoms with Crippen LogP contribution < -0.4 is 14.9 Å². The highest BCUT2D eigenvalue weighted by atomic mass is 32.2. The van der Waals surface area contributed by atoms with Gasteiger partial charge in [0.2, 0.25) is 10.0 Å². The van der Waals surface area contributed by atoms with Gasteiger partial charge >= 0.3 is 0 Å². The summed E-state index contributed by atoms with van der Waals surface area (Å²) >= 11 is 0. The van der Waals surface area contributed by atoms with Gasteiger partial charge in [0, 0.05) is 24.0 Å². The minimum absolute atomic E-state index is 0.0954. The van der Waals surface area contributed by atoms with E-state index in [-0.39, 0.29) is 17.0 Å². The molecule has 1 saturated heterocycles. The number of pyridine rings is 1. The van der Waals surface area contributed by atoms with E-state index >= 15 is 0 Å². The van der Waals surface area contributed by atoms with Crippen molar-refractivity contribution in [2.75, 3.05) is 36.1 Å². The number of ether oxygens (including phenoxy) is 1. The third-order valence-corrected chi connectivity index (χ3v) is 8.08. The fraction of sp³-hybridized carbons (Fsp3) is 0.214. The standard InChI is InChI=1S/C28H26N4O5S/c29-38(35,36)22-9-7-21(8-10-22)28(34)23-3-1-2-4-25(23)32(27(28)33)18-19-5-11-24-20(17-19)6-12-26(30-24)31-13-15-37-16-14-31/h1-12,17,34H,13-16,18H2,(H2,29,35,36). The van der Waals surface area contributed by atoms with Crippen LogP contribution in [0.15, 0.2) is 83.8 Å². The van der Waals surface area contributed by atoms with E-state index in [4.69, 9.17) is 14.9 Å². The summed E-state index contributed by atoms with van der Waals surface area (Å²) in [6, 6.07) is 22.4. The molecule has 2 aliphatic rings. The lowest BCUT2D eigenvalue weighted by atomic mass is 9.87. The molecule has 2 aliphatic heterocycles. The number of hydrogen-bond donors (Lipinski definition) is 2. The first-order chi connectivity index (χ1) is 18.2. The first kappa shape index (κ1) is 24.5. The van der Waals surface area contributed by atoms with Crippen LogP contribution in [0.2, 0.25) is 0 Å². The number of rotatable bonds is 5. The van der Waals surface area contributed by atoms with E-state index in [1.165, 1.54) is 24.3 Å². The Kier molecular flexibility index (Phi) is 5.92. The molecule has 1 amide bonds. The average molecular weight is 531 g/mol. The molecule has 1 aromatic heterocycles. The van der Waals surface area contributed by atoms with Gasteiger partial charge in [0.15, 0.2) is 5.60 Å². The molecule has 6 rings (SSSR count). The smallest absolute Gasteiger partial charge is 0.268 e. The summed E-state index contributed by atoms with van der Waals surface area (Å²) < 4.78 is 28.8. The van der Waals surface area contributed by atoms with Crippen molar-refractivity contribution in [3.8, 4) is 0 Å². The van der Waals surface area contributed by atoms with Gasteiger partial charge < -0.3 is 19.6 Å². The molecule has 3 heterocycles. The number of morpholine rings is 1. The summed E-state index contributed by atoms with van der Waals surface area (Å²) in [5.74, 6) is 0.402. The molecule has 4 aromatic rings. The van der Waals surface area contributed by atoms with Crippen molar-refractivity contribution in [2.24, 2.45) is 5.14 Å². The molecule has 9 nitrogen and oxygen atoms in total. The Morgan fingerprint density at radius 3 is 2.45 bits per heavy atom. The van der Waals surface area contributed by atoms with Gasteiger partial charge in [-0.25, -0.2) is 18.5 Å². The molecule has 1 unspecified atom stereocenters. The van der Waals surface area contributed by atoms with Gasteiger partial charge in [0.25, 0.3) is 5.91 Å². The Morgan fingerprint density at radius 2 is 1.71 bits per heavy atom. The van der Waals surface area contributed by atoms with Crippen LogP contribution in [0.25, 0.3) is 10.9 Å². The molecule has 3 aromatic carbocycles. The van der Waals surface area contributed by atoms with Crippen molar-refractivity contribution in [1.82, 2.24) is 4.98 Å². The largest absolute Gasteiger partial charge is 0.378 e. The van der Waals surface area contributed by atoms with E-state index in [0.29, 0.717) is 24.5 Å². The van der Waals surface area contributed by atoms with Gasteiger partial charge in [-0.15, -0.1) is 0 Å². The summed E-state index contributed by atoms with van der Waals surface area (Å²) in [5, 5.41) is 17.9. The van der Waals surface area contributed by atoms with Gasteiger partial charge in [0.05, 0.1) is 35.9 Å². The van der Waals surface area contributed by atoms with Crippen LogP contribution in [0.5, 0.6) is 0 Å². The van der Waals surface area contributed by atoms with Crippen molar-refractivity contribution in [1.29, 1.82) is 0 Å². The number of amides is 1. The Hall–Kier alpha value is -3.83. The number of sulfonamides is 1. The molecule has 0 radical (unpaired) electrons. The van der Waals surface area contributed by atoms with Crippen molar-refractivity contribution >= 4 is 38.3 Å². The number of para-hydroxylation sites is 1. The van der Waals surface area contributed by atoms with Gasteiger partial charge in [-0.05, 0) is 53.6 Å². The van der Waals surface area contributed by atoms with Crippen molar-refractivity contribution in [3.63, 3.8) is 0 Å². The van der Waals surface area contributed by atoms with Crippen molar-refractivity contribution < 1.29 is 23.1 Å². The second-order valence-corrected chi connectivity index (χ2v) is 11.0. The van der Waals surface area contributed by atoms with Gasteiger partial charge in [-0.1, -0.05) is 36.4 Å². The maximum atomic E-state index is 13.8. The Balaban J connectivity index is 1.32. The summed E-state index contributed by atoms with van der Waals surface area (Å²) in [6.45, 7) is 3.23. The molecule has 38 heavy (non-hydrogen) atoms. The number of nitrogens with zero attached hydrogens (tertiary/aromatic N) is 3. The van der Waals surface area contributed by atoms with Crippen LogP contribution in [0.4, 0.5) is 11.5 Å². The normalized spacial score (nSPS) is 19.7. The van der Waals surface area contributed by atoms with Crippen molar-refractivity contribution in [3.05, 3.63) is 95.6 Å². The number of anilines is 2. The fourth-order valence-electron chi connectivity index (χ4n) is 5.17. The number of carbonyl (C=O) groups excluding carboxylic acids is 1. The maximum Gasteiger partial charge on any atom is 0.268 e. The van der Waals surface area contributed by atoms with Crippen LogP contribution in [-0.4, -0.2) is 50.7 Å². The average Bonchev–Trinajstić information content (AvgIpc) is 3.15. The molecule has 0 saturated carbocycles. The second-order valence-electron chi connectivity index (χ2n) is 9.48. The van der Waals surface area contributed by atoms with E-state index in [1.807, 2.05) is 36.4 Å². The quantitative estimate of drug-likeness (QED) is 0.406. The Bertz CT molecular complexity index is 1650. The van der Waals surface area contributed by atoms with Gasteiger partial charge in [-0.3, -0.25) is 4.79 Å². The topological polar surface area (TPSA) is 126 Å². The number of primary sulfonamides is 1. The minimum Gasteiger partial charge on any atom is -0.378 e. The van der Waals surface area contributed by atoms with Crippen LogP contribution in [-0.2, 0) is 31.7 Å². The van der Waals surface area contributed by atoms with E-state index in [9.17, 15) is 18.3 Å². The van der Waals surface area contributed by atoms with E-state index in [2.05, 4.69) is 4.90 Å². The molecule has 0 spiro atoms. The van der Waals surface area contributed by atoms with Crippen LogP contribution in [0, 0.1) is 0 Å². The lowest BCUT2D eigenvalue weighted by Gasteiger charge is -2.28. The molecule has 1 atom stereocenters. The van der Waals surface area contributed by atoms with Gasteiger partial charge in [0.1, 0.15) is 5.82 Å². The molecule has 0 bridgehead atoms. The highest BCUT2D eigenvalue weighted by Crippen LogP contribution is 2.45. The number of aliphatic hydroxyl groups is 1. The van der Waals surface area contributed by atoms with E-state index < -0.39 is 21.5 Å². The third kappa shape index (κ3) is 4.11. The first-order valence-electron chi connectivity index (χ1n) is 12.2. The third-order valence-electron chi connectivity index (χ3n) is 7.15. The minimum atomic E-state index is -3.91. The SMILES string of the molecule is NS(=O)(=O)c1ccc(C2(O)C(=O)N(Cc3ccc4nc(N5CCOCC5)ccc4c3)c3ccccc32)cc1. The maximum absolute atomic E-state index is 13.8. The Labute approximate surface area is 220 Å².